The third-order valence-corrected chi connectivity index (χ3v) is 1.42. The van der Waals surface area contributed by atoms with Gasteiger partial charge in [-0.25, -0.2) is 0 Å². The predicted molar refractivity (Wildman–Crippen MR) is 31.4 cm³/mol. The van der Waals surface area contributed by atoms with Crippen LogP contribution in [0.15, 0.2) is 6.20 Å². The number of rotatable bonds is 0. The molecular weight excluding hydrogens is 114 g/mol. The zero-order chi connectivity index (χ0) is 6.10. The molecule has 0 amide bonds. The SMILES string of the molecule is [c]1cnnc2c1CNC2. The molecule has 3 nitrogen and oxygen atoms in total. The van der Waals surface area contributed by atoms with Gasteiger partial charge in [-0.15, -0.1) is 0 Å². The van der Waals surface area contributed by atoms with Crippen molar-refractivity contribution in [3.63, 3.8) is 0 Å². The second-order valence-corrected chi connectivity index (χ2v) is 2.02. The average Bonchev–Trinajstić information content (AvgIpc) is 2.33. The molecule has 0 saturated carbocycles. The van der Waals surface area contributed by atoms with E-state index >= 15 is 0 Å². The van der Waals surface area contributed by atoms with Crippen LogP contribution in [-0.2, 0) is 13.1 Å². The maximum Gasteiger partial charge on any atom is 0.0820 e. The number of nitrogens with zero attached hydrogens (tertiary/aromatic N) is 2. The van der Waals surface area contributed by atoms with Crippen molar-refractivity contribution in [2.75, 3.05) is 0 Å². The Morgan fingerprint density at radius 1 is 1.56 bits per heavy atom. The highest BCUT2D eigenvalue weighted by Crippen LogP contribution is 2.07. The van der Waals surface area contributed by atoms with E-state index in [2.05, 4.69) is 21.6 Å². The smallest absolute Gasteiger partial charge is 0.0820 e. The van der Waals surface area contributed by atoms with Crippen molar-refractivity contribution in [2.24, 2.45) is 0 Å². The second-order valence-electron chi connectivity index (χ2n) is 2.02. The first-order valence-electron chi connectivity index (χ1n) is 2.88. The first kappa shape index (κ1) is 4.88. The molecule has 0 saturated heterocycles. The predicted octanol–water partition coefficient (Wildman–Crippen LogP) is -0.120. The molecule has 9 heavy (non-hydrogen) atoms. The van der Waals surface area contributed by atoms with E-state index < -0.39 is 0 Å². The summed E-state index contributed by atoms with van der Waals surface area (Å²) in [6.07, 6.45) is 1.60. The Morgan fingerprint density at radius 2 is 2.56 bits per heavy atom. The molecule has 3 heteroatoms. The Labute approximate surface area is 53.1 Å². The minimum atomic E-state index is 0.847. The average molecular weight is 120 g/mol. The van der Waals surface area contributed by atoms with Crippen LogP contribution in [0.4, 0.5) is 0 Å². The van der Waals surface area contributed by atoms with Crippen LogP contribution in [0.1, 0.15) is 11.3 Å². The molecule has 1 N–H and O–H groups in total. The maximum absolute atomic E-state index is 3.92. The number of hydrogen-bond donors (Lipinski definition) is 1. The molecule has 0 aromatic carbocycles. The van der Waals surface area contributed by atoms with Crippen LogP contribution in [0.2, 0.25) is 0 Å². The van der Waals surface area contributed by atoms with E-state index in [1.807, 2.05) is 0 Å². The van der Waals surface area contributed by atoms with Gasteiger partial charge in [-0.1, -0.05) is 0 Å². The lowest BCUT2D eigenvalue weighted by atomic mass is 10.3. The van der Waals surface area contributed by atoms with Crippen LogP contribution in [0.3, 0.4) is 0 Å². The van der Waals surface area contributed by atoms with E-state index in [1.54, 1.807) is 6.20 Å². The maximum atomic E-state index is 3.92. The highest BCUT2D eigenvalue weighted by atomic mass is 15.1. The number of fused-ring (bicyclic) bond motifs is 1. The summed E-state index contributed by atoms with van der Waals surface area (Å²) >= 11 is 0. The summed E-state index contributed by atoms with van der Waals surface area (Å²) in [5, 5.41) is 10.8. The molecule has 1 aromatic heterocycles. The summed E-state index contributed by atoms with van der Waals surface area (Å²) in [5.41, 5.74) is 2.20. The van der Waals surface area contributed by atoms with Gasteiger partial charge in [0.2, 0.25) is 0 Å². The first-order chi connectivity index (χ1) is 4.47. The molecule has 0 bridgehead atoms. The zero-order valence-electron chi connectivity index (χ0n) is 4.89. The van der Waals surface area contributed by atoms with Gasteiger partial charge in [-0.05, 0) is 0 Å². The van der Waals surface area contributed by atoms with Gasteiger partial charge in [0.15, 0.2) is 0 Å². The van der Waals surface area contributed by atoms with Crippen LogP contribution in [0.25, 0.3) is 0 Å². The fraction of sp³-hybridized carbons (Fsp3) is 0.333. The number of nitrogens with one attached hydrogen (secondary N) is 1. The molecule has 1 radical (unpaired) electrons. The summed E-state index contributed by atoms with van der Waals surface area (Å²) in [7, 11) is 0. The van der Waals surface area contributed by atoms with E-state index in [0.29, 0.717) is 0 Å². The third kappa shape index (κ3) is 0.695. The van der Waals surface area contributed by atoms with Crippen molar-refractivity contribution in [3.05, 3.63) is 23.5 Å². The lowest BCUT2D eigenvalue weighted by Gasteiger charge is -1.88. The van der Waals surface area contributed by atoms with Crippen LogP contribution < -0.4 is 5.32 Å². The van der Waals surface area contributed by atoms with Crippen molar-refractivity contribution in [2.45, 2.75) is 13.1 Å². The monoisotopic (exact) mass is 120 g/mol. The molecule has 0 unspecified atom stereocenters. The van der Waals surface area contributed by atoms with Gasteiger partial charge >= 0.3 is 0 Å². The van der Waals surface area contributed by atoms with Gasteiger partial charge in [0.25, 0.3) is 0 Å². The van der Waals surface area contributed by atoms with Crippen LogP contribution in [0, 0.1) is 6.07 Å². The Kier molecular flexibility index (Phi) is 0.960. The normalized spacial score (nSPS) is 15.6. The van der Waals surface area contributed by atoms with Gasteiger partial charge in [-0.3, -0.25) is 0 Å². The zero-order valence-corrected chi connectivity index (χ0v) is 4.89. The van der Waals surface area contributed by atoms with Gasteiger partial charge in [-0.2, -0.15) is 10.2 Å². The molecule has 1 aliphatic rings. The highest BCUT2D eigenvalue weighted by molar-refractivity contribution is 5.19. The van der Waals surface area contributed by atoms with Crippen LogP contribution in [0.5, 0.6) is 0 Å². The Morgan fingerprint density at radius 3 is 3.44 bits per heavy atom. The Bertz CT molecular complexity index is 198. The fourth-order valence-electron chi connectivity index (χ4n) is 0.950. The van der Waals surface area contributed by atoms with Gasteiger partial charge in [0.1, 0.15) is 0 Å². The fourth-order valence-corrected chi connectivity index (χ4v) is 0.950. The van der Waals surface area contributed by atoms with E-state index in [4.69, 9.17) is 0 Å². The number of aromatic nitrogens is 2. The quantitative estimate of drug-likeness (QED) is 0.518. The molecular formula is C6H6N3. The highest BCUT2D eigenvalue weighted by Gasteiger charge is 2.09. The topological polar surface area (TPSA) is 37.8 Å². The van der Waals surface area contributed by atoms with Crippen molar-refractivity contribution >= 4 is 0 Å². The lowest BCUT2D eigenvalue weighted by molar-refractivity contribution is 0.752. The Balaban J connectivity index is 2.54. The Hall–Kier alpha value is -0.960. The molecule has 45 valence electrons. The second kappa shape index (κ2) is 1.77. The van der Waals surface area contributed by atoms with E-state index in [9.17, 15) is 0 Å². The molecule has 1 aliphatic heterocycles. The molecule has 0 aliphatic carbocycles. The minimum Gasteiger partial charge on any atom is -0.307 e. The largest absolute Gasteiger partial charge is 0.307 e. The molecule has 2 heterocycles. The summed E-state index contributed by atoms with van der Waals surface area (Å²) in [6.45, 7) is 1.74. The van der Waals surface area contributed by atoms with E-state index in [1.165, 1.54) is 0 Å². The lowest BCUT2D eigenvalue weighted by Crippen LogP contribution is -2.00. The van der Waals surface area contributed by atoms with Gasteiger partial charge in [0.05, 0.1) is 11.9 Å². The van der Waals surface area contributed by atoms with Gasteiger partial charge < -0.3 is 5.32 Å². The molecule has 0 spiro atoms. The first-order valence-corrected chi connectivity index (χ1v) is 2.88. The molecule has 2 rings (SSSR count). The molecule has 1 aromatic rings. The van der Waals surface area contributed by atoms with E-state index in [0.717, 1.165) is 24.3 Å². The van der Waals surface area contributed by atoms with Crippen LogP contribution in [-0.4, -0.2) is 10.2 Å². The summed E-state index contributed by atoms with van der Waals surface area (Å²) in [5.74, 6) is 0. The third-order valence-electron chi connectivity index (χ3n) is 1.42. The molecule has 0 atom stereocenters. The van der Waals surface area contributed by atoms with Crippen molar-refractivity contribution in [1.29, 1.82) is 0 Å². The standard InChI is InChI=1S/C6H6N3/c1-2-8-9-6-4-7-3-5(1)6/h2,7H,3-4H2. The summed E-state index contributed by atoms with van der Waals surface area (Å²) in [6, 6.07) is 3.01. The number of hydrogen-bond acceptors (Lipinski definition) is 3. The van der Waals surface area contributed by atoms with Crippen molar-refractivity contribution in [1.82, 2.24) is 15.5 Å². The molecule has 0 fully saturated rings. The van der Waals surface area contributed by atoms with Crippen LogP contribution >= 0.6 is 0 Å². The van der Waals surface area contributed by atoms with Gasteiger partial charge in [0, 0.05) is 24.7 Å². The van der Waals surface area contributed by atoms with Crippen molar-refractivity contribution in [3.8, 4) is 0 Å². The van der Waals surface area contributed by atoms with Crippen molar-refractivity contribution < 1.29 is 0 Å². The summed E-state index contributed by atoms with van der Waals surface area (Å²) < 4.78 is 0. The van der Waals surface area contributed by atoms with E-state index in [-0.39, 0.29) is 0 Å². The summed E-state index contributed by atoms with van der Waals surface area (Å²) in [4.78, 5) is 0. The minimum absolute atomic E-state index is 0.847.